The first-order valence-electron chi connectivity index (χ1n) is 5.54. The first kappa shape index (κ1) is 11.9. The molecule has 0 bridgehead atoms. The molecular formula is C15H14ClN. The summed E-state index contributed by atoms with van der Waals surface area (Å²) in [6.07, 6.45) is 0. The van der Waals surface area contributed by atoms with E-state index in [1.54, 1.807) is 0 Å². The summed E-state index contributed by atoms with van der Waals surface area (Å²) in [5.41, 5.74) is 4.18. The molecule has 0 aliphatic rings. The van der Waals surface area contributed by atoms with Crippen LogP contribution < -0.4 is 0 Å². The number of aliphatic imine (C=N–C) groups is 1. The van der Waals surface area contributed by atoms with Gasteiger partial charge in [-0.05, 0) is 25.0 Å². The zero-order valence-electron chi connectivity index (χ0n) is 9.94. The Bertz CT molecular complexity index is 524. The van der Waals surface area contributed by atoms with Gasteiger partial charge in [-0.15, -0.1) is 0 Å². The van der Waals surface area contributed by atoms with Crippen LogP contribution in [0.15, 0.2) is 53.5 Å². The number of rotatable bonds is 2. The number of halogens is 1. The van der Waals surface area contributed by atoms with Crippen LogP contribution in [0.2, 0.25) is 0 Å². The van der Waals surface area contributed by atoms with E-state index >= 15 is 0 Å². The second-order valence-electron chi connectivity index (χ2n) is 4.01. The maximum absolute atomic E-state index is 6.23. The predicted molar refractivity (Wildman–Crippen MR) is 74.4 cm³/mol. The van der Waals surface area contributed by atoms with E-state index in [0.29, 0.717) is 5.17 Å². The van der Waals surface area contributed by atoms with Crippen molar-refractivity contribution in [3.05, 3.63) is 65.2 Å². The van der Waals surface area contributed by atoms with Gasteiger partial charge >= 0.3 is 0 Å². The van der Waals surface area contributed by atoms with Gasteiger partial charge in [0.05, 0.1) is 5.69 Å². The summed E-state index contributed by atoms with van der Waals surface area (Å²) in [4.78, 5) is 4.51. The Morgan fingerprint density at radius 2 is 1.47 bits per heavy atom. The van der Waals surface area contributed by atoms with Crippen molar-refractivity contribution in [3.63, 3.8) is 0 Å². The van der Waals surface area contributed by atoms with Gasteiger partial charge in [-0.25, -0.2) is 4.99 Å². The molecule has 0 heterocycles. The van der Waals surface area contributed by atoms with Gasteiger partial charge in [0.1, 0.15) is 5.17 Å². The van der Waals surface area contributed by atoms with Gasteiger partial charge < -0.3 is 0 Å². The standard InChI is InChI=1S/C15H14ClN/c1-11-7-6-8-12(2)14(11)17-15(16)13-9-4-3-5-10-13/h3-10H,1-2H3/b17-15+. The summed E-state index contributed by atoms with van der Waals surface area (Å²) in [7, 11) is 0. The highest BCUT2D eigenvalue weighted by molar-refractivity contribution is 6.69. The van der Waals surface area contributed by atoms with Crippen LogP contribution in [0.3, 0.4) is 0 Å². The first-order chi connectivity index (χ1) is 8.18. The summed E-state index contributed by atoms with van der Waals surface area (Å²) in [5.74, 6) is 0. The van der Waals surface area contributed by atoms with Crippen LogP contribution in [-0.2, 0) is 0 Å². The number of benzene rings is 2. The van der Waals surface area contributed by atoms with Crippen molar-refractivity contribution in [1.82, 2.24) is 0 Å². The van der Waals surface area contributed by atoms with E-state index in [1.165, 1.54) is 0 Å². The maximum atomic E-state index is 6.23. The van der Waals surface area contributed by atoms with E-state index in [4.69, 9.17) is 11.6 Å². The molecule has 0 atom stereocenters. The predicted octanol–water partition coefficient (Wildman–Crippen LogP) is 4.62. The van der Waals surface area contributed by atoms with Crippen molar-refractivity contribution in [2.24, 2.45) is 4.99 Å². The van der Waals surface area contributed by atoms with Crippen molar-refractivity contribution < 1.29 is 0 Å². The Labute approximate surface area is 107 Å². The third kappa shape index (κ3) is 2.75. The fourth-order valence-corrected chi connectivity index (χ4v) is 1.93. The molecule has 0 fully saturated rings. The monoisotopic (exact) mass is 243 g/mol. The van der Waals surface area contributed by atoms with Crippen molar-refractivity contribution in [3.8, 4) is 0 Å². The Morgan fingerprint density at radius 1 is 0.882 bits per heavy atom. The number of aryl methyl sites for hydroxylation is 2. The average molecular weight is 244 g/mol. The van der Waals surface area contributed by atoms with E-state index in [9.17, 15) is 0 Å². The molecule has 0 aliphatic carbocycles. The Hall–Kier alpha value is -1.60. The fourth-order valence-electron chi connectivity index (χ4n) is 1.72. The lowest BCUT2D eigenvalue weighted by molar-refractivity contribution is 1.33. The molecular weight excluding hydrogens is 230 g/mol. The van der Waals surface area contributed by atoms with Gasteiger partial charge in [0.15, 0.2) is 0 Å². The zero-order chi connectivity index (χ0) is 12.3. The van der Waals surface area contributed by atoms with Crippen LogP contribution in [0.25, 0.3) is 0 Å². The van der Waals surface area contributed by atoms with Crippen LogP contribution in [0.1, 0.15) is 16.7 Å². The Kier molecular flexibility index (Phi) is 3.60. The van der Waals surface area contributed by atoms with Crippen LogP contribution >= 0.6 is 11.6 Å². The SMILES string of the molecule is Cc1cccc(C)c1/N=C(/Cl)c1ccccc1. The molecule has 86 valence electrons. The Morgan fingerprint density at radius 3 is 2.06 bits per heavy atom. The molecule has 0 aliphatic heterocycles. The molecule has 2 aromatic carbocycles. The largest absolute Gasteiger partial charge is 0.236 e. The molecule has 0 radical (unpaired) electrons. The third-order valence-corrected chi connectivity index (χ3v) is 2.96. The van der Waals surface area contributed by atoms with Crippen LogP contribution in [0.5, 0.6) is 0 Å². The van der Waals surface area contributed by atoms with Gasteiger partial charge in [-0.2, -0.15) is 0 Å². The molecule has 1 nitrogen and oxygen atoms in total. The van der Waals surface area contributed by atoms with Crippen LogP contribution in [-0.4, -0.2) is 5.17 Å². The molecule has 0 amide bonds. The van der Waals surface area contributed by atoms with Crippen molar-refractivity contribution in [2.75, 3.05) is 0 Å². The fraction of sp³-hybridized carbons (Fsp3) is 0.133. The molecule has 0 unspecified atom stereocenters. The van der Waals surface area contributed by atoms with E-state index in [2.05, 4.69) is 4.99 Å². The van der Waals surface area contributed by atoms with Gasteiger partial charge in [0.2, 0.25) is 0 Å². The average Bonchev–Trinajstić information content (AvgIpc) is 2.35. The molecule has 0 N–H and O–H groups in total. The molecule has 0 saturated carbocycles. The number of para-hydroxylation sites is 1. The second-order valence-corrected chi connectivity index (χ2v) is 4.37. The molecule has 0 spiro atoms. The summed E-state index contributed by atoms with van der Waals surface area (Å²) >= 11 is 6.23. The minimum Gasteiger partial charge on any atom is -0.236 e. The highest BCUT2D eigenvalue weighted by Crippen LogP contribution is 2.24. The summed E-state index contributed by atoms with van der Waals surface area (Å²) in [6.45, 7) is 4.09. The third-order valence-electron chi connectivity index (χ3n) is 2.66. The van der Waals surface area contributed by atoms with Crippen LogP contribution in [0, 0.1) is 13.8 Å². The minimum absolute atomic E-state index is 0.531. The molecule has 2 heteroatoms. The maximum Gasteiger partial charge on any atom is 0.136 e. The summed E-state index contributed by atoms with van der Waals surface area (Å²) in [5, 5.41) is 0.531. The highest BCUT2D eigenvalue weighted by atomic mass is 35.5. The summed E-state index contributed by atoms with van der Waals surface area (Å²) < 4.78 is 0. The molecule has 2 rings (SSSR count). The number of hydrogen-bond donors (Lipinski definition) is 0. The molecule has 17 heavy (non-hydrogen) atoms. The first-order valence-corrected chi connectivity index (χ1v) is 5.92. The minimum atomic E-state index is 0.531. The van der Waals surface area contributed by atoms with E-state index < -0.39 is 0 Å². The van der Waals surface area contributed by atoms with Crippen LogP contribution in [0.4, 0.5) is 5.69 Å². The molecule has 0 saturated heterocycles. The van der Waals surface area contributed by atoms with E-state index in [1.807, 2.05) is 62.4 Å². The summed E-state index contributed by atoms with van der Waals surface area (Å²) in [6, 6.07) is 15.9. The lowest BCUT2D eigenvalue weighted by atomic mass is 10.1. The van der Waals surface area contributed by atoms with Crippen molar-refractivity contribution >= 4 is 22.5 Å². The number of hydrogen-bond acceptors (Lipinski definition) is 1. The quantitative estimate of drug-likeness (QED) is 0.683. The van der Waals surface area contributed by atoms with E-state index in [0.717, 1.165) is 22.4 Å². The lowest BCUT2D eigenvalue weighted by Gasteiger charge is -2.05. The molecule has 0 aromatic heterocycles. The zero-order valence-corrected chi connectivity index (χ0v) is 10.7. The van der Waals surface area contributed by atoms with Crippen molar-refractivity contribution in [1.29, 1.82) is 0 Å². The molecule has 2 aromatic rings. The lowest BCUT2D eigenvalue weighted by Crippen LogP contribution is -1.91. The Balaban J connectivity index is 2.43. The second kappa shape index (κ2) is 5.15. The van der Waals surface area contributed by atoms with Gasteiger partial charge in [0, 0.05) is 5.56 Å². The van der Waals surface area contributed by atoms with E-state index in [-0.39, 0.29) is 0 Å². The smallest absolute Gasteiger partial charge is 0.136 e. The van der Waals surface area contributed by atoms with Gasteiger partial charge in [-0.1, -0.05) is 60.1 Å². The number of nitrogens with zero attached hydrogens (tertiary/aromatic N) is 1. The topological polar surface area (TPSA) is 12.4 Å². The normalized spacial score (nSPS) is 11.6. The van der Waals surface area contributed by atoms with Gasteiger partial charge in [0.25, 0.3) is 0 Å². The van der Waals surface area contributed by atoms with Gasteiger partial charge in [-0.3, -0.25) is 0 Å². The van der Waals surface area contributed by atoms with Crippen molar-refractivity contribution in [2.45, 2.75) is 13.8 Å². The highest BCUT2D eigenvalue weighted by Gasteiger charge is 2.03.